The van der Waals surface area contributed by atoms with Gasteiger partial charge in [0.1, 0.15) is 11.6 Å². The van der Waals surface area contributed by atoms with Crippen LogP contribution in [0.5, 0.6) is 0 Å². The fraction of sp³-hybridized carbons (Fsp3) is 0.406. The minimum absolute atomic E-state index is 0.00110. The molecule has 0 saturated carbocycles. The van der Waals surface area contributed by atoms with Gasteiger partial charge in [0, 0.05) is 43.4 Å². The molecule has 0 aliphatic carbocycles. The Labute approximate surface area is 250 Å². The minimum Gasteiger partial charge on any atom is -0.349 e. The molecule has 1 amide bonds. The molecule has 3 aromatic heterocycles. The summed E-state index contributed by atoms with van der Waals surface area (Å²) in [6.45, 7) is 14.6. The lowest BCUT2D eigenvalue weighted by atomic mass is 10.0. The van der Waals surface area contributed by atoms with Crippen LogP contribution in [0.3, 0.4) is 0 Å². The van der Waals surface area contributed by atoms with E-state index in [1.807, 2.05) is 57.4 Å². The second-order valence-electron chi connectivity index (χ2n) is 11.4. The van der Waals surface area contributed by atoms with Gasteiger partial charge in [0.15, 0.2) is 5.65 Å². The van der Waals surface area contributed by atoms with Crippen LogP contribution >= 0.6 is 11.6 Å². The van der Waals surface area contributed by atoms with Gasteiger partial charge in [-0.1, -0.05) is 44.5 Å². The van der Waals surface area contributed by atoms with Crippen LogP contribution < -0.4 is 10.6 Å². The fourth-order valence-electron chi connectivity index (χ4n) is 5.86. The molecule has 5 rings (SSSR count). The number of amides is 1. The molecule has 10 heteroatoms. The molecular formula is C32H36ClFN6O2. The van der Waals surface area contributed by atoms with E-state index in [-0.39, 0.29) is 40.2 Å². The Balaban J connectivity index is 1.86. The number of aromatic nitrogens is 4. The van der Waals surface area contributed by atoms with Crippen LogP contribution in [-0.4, -0.2) is 55.5 Å². The third-order valence-corrected chi connectivity index (χ3v) is 8.28. The third-order valence-electron chi connectivity index (χ3n) is 7.99. The lowest BCUT2D eigenvalue weighted by molar-refractivity contribution is -0.131. The molecule has 1 aliphatic rings. The number of halogens is 2. The summed E-state index contributed by atoms with van der Waals surface area (Å²) < 4.78 is 16.5. The maximum atomic E-state index is 15.0. The van der Waals surface area contributed by atoms with Crippen LogP contribution in [-0.2, 0) is 11.2 Å². The first kappa shape index (κ1) is 29.6. The Morgan fingerprint density at radius 1 is 1.10 bits per heavy atom. The van der Waals surface area contributed by atoms with E-state index in [1.165, 1.54) is 10.6 Å². The molecule has 8 nitrogen and oxygen atoms in total. The largest absolute Gasteiger partial charge is 0.355 e. The molecule has 1 saturated heterocycles. The molecule has 1 fully saturated rings. The Morgan fingerprint density at radius 3 is 2.45 bits per heavy atom. The minimum atomic E-state index is -0.517. The smallest absolute Gasteiger partial charge is 0.349 e. The lowest BCUT2D eigenvalue weighted by Crippen LogP contribution is -2.58. The van der Waals surface area contributed by atoms with E-state index in [1.54, 1.807) is 31.2 Å². The van der Waals surface area contributed by atoms with Crippen LogP contribution in [0.25, 0.3) is 28.0 Å². The molecule has 0 bridgehead atoms. The summed E-state index contributed by atoms with van der Waals surface area (Å²) in [5, 5.41) is 0.799. The van der Waals surface area contributed by atoms with E-state index < -0.39 is 11.5 Å². The van der Waals surface area contributed by atoms with Gasteiger partial charge in [0.05, 0.1) is 27.5 Å². The second kappa shape index (κ2) is 11.4. The standard InChI is InChI=1S/C32H36ClFN6O2/c1-8-22-13-18(4)29(27(35-22)17(2)3)40-31-24(14-25(33)28(36-31)23-11-9-10-12-26(23)34)30(37-32(40)42)39-16-19(5)38(21(7)41)15-20(39)6/h9-14,17,19-20H,8,15-16H2,1-7H3/t19-,20-/m0/s1. The first-order valence-corrected chi connectivity index (χ1v) is 14.7. The molecule has 1 aromatic carbocycles. The summed E-state index contributed by atoms with van der Waals surface area (Å²) in [6.07, 6.45) is 0.751. The maximum absolute atomic E-state index is 15.0. The van der Waals surface area contributed by atoms with E-state index in [0.717, 1.165) is 23.4 Å². The maximum Gasteiger partial charge on any atom is 0.355 e. The van der Waals surface area contributed by atoms with Crippen molar-refractivity contribution < 1.29 is 9.18 Å². The highest BCUT2D eigenvalue weighted by atomic mass is 35.5. The average molecular weight is 591 g/mol. The zero-order chi connectivity index (χ0) is 30.5. The topological polar surface area (TPSA) is 84.2 Å². The van der Waals surface area contributed by atoms with Crippen molar-refractivity contribution in [3.8, 4) is 16.9 Å². The Bertz CT molecular complexity index is 1750. The zero-order valence-electron chi connectivity index (χ0n) is 25.1. The molecule has 4 heterocycles. The molecule has 0 radical (unpaired) electrons. The van der Waals surface area contributed by atoms with Crippen molar-refractivity contribution in [3.05, 3.63) is 74.7 Å². The zero-order valence-corrected chi connectivity index (χ0v) is 25.8. The summed E-state index contributed by atoms with van der Waals surface area (Å²) in [6, 6.07) is 9.77. The molecule has 0 spiro atoms. The predicted molar refractivity (Wildman–Crippen MR) is 165 cm³/mol. The number of nitrogens with zero attached hydrogens (tertiary/aromatic N) is 6. The van der Waals surface area contributed by atoms with Gasteiger partial charge in [0.2, 0.25) is 5.91 Å². The number of carbonyl (C=O) groups excluding carboxylic acids is 1. The number of piperazine rings is 1. The van der Waals surface area contributed by atoms with Crippen molar-refractivity contribution in [2.24, 2.45) is 0 Å². The van der Waals surface area contributed by atoms with Crippen molar-refractivity contribution in [3.63, 3.8) is 0 Å². The van der Waals surface area contributed by atoms with Gasteiger partial charge in [-0.15, -0.1) is 0 Å². The van der Waals surface area contributed by atoms with Crippen molar-refractivity contribution in [1.29, 1.82) is 0 Å². The average Bonchev–Trinajstić information content (AvgIpc) is 2.94. The second-order valence-corrected chi connectivity index (χ2v) is 11.8. The number of carbonyl (C=O) groups is 1. The number of aryl methyl sites for hydroxylation is 2. The summed E-state index contributed by atoms with van der Waals surface area (Å²) >= 11 is 6.81. The monoisotopic (exact) mass is 590 g/mol. The van der Waals surface area contributed by atoms with E-state index >= 15 is 4.39 Å². The van der Waals surface area contributed by atoms with Crippen LogP contribution in [0.2, 0.25) is 5.02 Å². The Kier molecular flexibility index (Phi) is 8.07. The van der Waals surface area contributed by atoms with Crippen molar-refractivity contribution >= 4 is 34.4 Å². The van der Waals surface area contributed by atoms with Crippen molar-refractivity contribution in [1.82, 2.24) is 24.4 Å². The van der Waals surface area contributed by atoms with Gasteiger partial charge < -0.3 is 9.80 Å². The molecule has 0 N–H and O–H groups in total. The first-order valence-electron chi connectivity index (χ1n) is 14.4. The first-order chi connectivity index (χ1) is 19.9. The summed E-state index contributed by atoms with van der Waals surface area (Å²) in [7, 11) is 0. The normalized spacial score (nSPS) is 17.4. The Morgan fingerprint density at radius 2 is 1.81 bits per heavy atom. The highest BCUT2D eigenvalue weighted by Crippen LogP contribution is 2.36. The van der Waals surface area contributed by atoms with Crippen LogP contribution in [0, 0.1) is 12.7 Å². The van der Waals surface area contributed by atoms with Crippen molar-refractivity contribution in [2.45, 2.75) is 72.9 Å². The van der Waals surface area contributed by atoms with Gasteiger partial charge in [-0.25, -0.2) is 18.7 Å². The van der Waals surface area contributed by atoms with Crippen LogP contribution in [0.1, 0.15) is 64.4 Å². The summed E-state index contributed by atoms with van der Waals surface area (Å²) in [5.41, 5.74) is 3.44. The quantitative estimate of drug-likeness (QED) is 0.280. The van der Waals surface area contributed by atoms with Crippen LogP contribution in [0.15, 0.2) is 41.2 Å². The number of pyridine rings is 2. The van der Waals surface area contributed by atoms with Gasteiger partial charge in [-0.3, -0.25) is 9.78 Å². The molecule has 1 aliphatic heterocycles. The lowest BCUT2D eigenvalue weighted by Gasteiger charge is -2.44. The molecule has 0 unspecified atom stereocenters. The summed E-state index contributed by atoms with van der Waals surface area (Å²) in [5.74, 6) is -0.0256. The highest BCUT2D eigenvalue weighted by molar-refractivity contribution is 6.33. The molecular weight excluding hydrogens is 555 g/mol. The number of fused-ring (bicyclic) bond motifs is 1. The van der Waals surface area contributed by atoms with Gasteiger partial charge in [-0.05, 0) is 62.9 Å². The molecule has 220 valence electrons. The number of hydrogen-bond acceptors (Lipinski definition) is 6. The fourth-order valence-corrected chi connectivity index (χ4v) is 6.12. The van der Waals surface area contributed by atoms with Crippen molar-refractivity contribution in [2.75, 3.05) is 18.0 Å². The van der Waals surface area contributed by atoms with E-state index in [4.69, 9.17) is 21.6 Å². The number of rotatable bonds is 5. The van der Waals surface area contributed by atoms with Gasteiger partial charge >= 0.3 is 5.69 Å². The van der Waals surface area contributed by atoms with Gasteiger partial charge in [0.25, 0.3) is 0 Å². The molecule has 4 aromatic rings. The summed E-state index contributed by atoms with van der Waals surface area (Å²) in [4.78, 5) is 44.7. The molecule has 42 heavy (non-hydrogen) atoms. The van der Waals surface area contributed by atoms with E-state index in [0.29, 0.717) is 35.6 Å². The van der Waals surface area contributed by atoms with E-state index in [2.05, 4.69) is 4.98 Å². The SMILES string of the molecule is CCc1cc(C)c(-n2c(=O)nc(N3C[C@H](C)N(C(C)=O)C[C@@H]3C)c3cc(Cl)c(-c4ccccc4F)nc32)c(C(C)C)n1. The number of anilines is 1. The number of benzene rings is 1. The van der Waals surface area contributed by atoms with Gasteiger partial charge in [-0.2, -0.15) is 4.98 Å². The number of hydrogen-bond donors (Lipinski definition) is 0. The highest BCUT2D eigenvalue weighted by Gasteiger charge is 2.33. The Hall–Kier alpha value is -3.85. The van der Waals surface area contributed by atoms with Crippen LogP contribution in [0.4, 0.5) is 10.2 Å². The van der Waals surface area contributed by atoms with E-state index in [9.17, 15) is 9.59 Å². The molecule has 2 atom stereocenters. The third kappa shape index (κ3) is 5.15. The predicted octanol–water partition coefficient (Wildman–Crippen LogP) is 6.07.